The van der Waals surface area contributed by atoms with Gasteiger partial charge in [0.15, 0.2) is 17.6 Å². The summed E-state index contributed by atoms with van der Waals surface area (Å²) < 4.78 is 11.5. The zero-order valence-electron chi connectivity index (χ0n) is 14.4. The zero-order valence-corrected chi connectivity index (χ0v) is 16.0. The molecule has 0 aliphatic carbocycles. The second-order valence-electron chi connectivity index (χ2n) is 5.49. The molecule has 0 heterocycles. The molecule has 0 aliphatic heterocycles. The van der Waals surface area contributed by atoms with E-state index in [4.69, 9.17) is 15.9 Å². The van der Waals surface area contributed by atoms with E-state index in [1.165, 1.54) is 7.11 Å². The highest BCUT2D eigenvalue weighted by Crippen LogP contribution is 2.26. The Balaban J connectivity index is 1.98. The van der Waals surface area contributed by atoms with Gasteiger partial charge in [0, 0.05) is 11.0 Å². The average Bonchev–Trinajstić information content (AvgIpc) is 2.64. The quantitative estimate of drug-likeness (QED) is 0.647. The fourth-order valence-electron chi connectivity index (χ4n) is 2.39. The highest BCUT2D eigenvalue weighted by Gasteiger charge is 2.20. The van der Waals surface area contributed by atoms with Crippen molar-refractivity contribution in [3.63, 3.8) is 0 Å². The number of carbonyl (C=O) groups is 1. The van der Waals surface area contributed by atoms with Crippen molar-refractivity contribution in [3.05, 3.63) is 58.1 Å². The van der Waals surface area contributed by atoms with Gasteiger partial charge in [0.1, 0.15) is 6.61 Å². The van der Waals surface area contributed by atoms with Gasteiger partial charge in [0.2, 0.25) is 0 Å². The highest BCUT2D eigenvalue weighted by atomic mass is 79.9. The minimum atomic E-state index is -0.770. The van der Waals surface area contributed by atoms with Crippen LogP contribution in [0.5, 0.6) is 11.5 Å². The van der Waals surface area contributed by atoms with Gasteiger partial charge in [-0.15, -0.1) is 6.42 Å². The molecule has 136 valence electrons. The maximum Gasteiger partial charge on any atom is 0.253 e. The topological polar surface area (TPSA) is 67.8 Å². The Morgan fingerprint density at radius 3 is 2.69 bits per heavy atom. The van der Waals surface area contributed by atoms with Gasteiger partial charge >= 0.3 is 0 Å². The Morgan fingerprint density at radius 1 is 1.31 bits per heavy atom. The standard InChI is InChI=1S/C20H20BrNO4/c1-3-12-26-19(15-5-7-16(21)8-6-15)20(24)22-11-10-14-4-9-17(23)18(13-14)25-2/h1,4-9,13,19,23H,10-12H2,2H3,(H,22,24). The zero-order chi connectivity index (χ0) is 18.9. The first-order chi connectivity index (χ1) is 12.5. The van der Waals surface area contributed by atoms with Gasteiger partial charge in [0.25, 0.3) is 5.91 Å². The molecule has 1 unspecified atom stereocenters. The first-order valence-electron chi connectivity index (χ1n) is 7.99. The number of benzene rings is 2. The molecule has 0 saturated heterocycles. The number of phenols is 1. The Morgan fingerprint density at radius 2 is 2.04 bits per heavy atom. The minimum absolute atomic E-state index is 0.0450. The number of aromatic hydroxyl groups is 1. The molecule has 26 heavy (non-hydrogen) atoms. The lowest BCUT2D eigenvalue weighted by Gasteiger charge is -2.17. The number of nitrogens with one attached hydrogen (secondary N) is 1. The molecular formula is C20H20BrNO4. The number of terminal acetylenes is 1. The van der Waals surface area contributed by atoms with E-state index in [2.05, 4.69) is 27.2 Å². The van der Waals surface area contributed by atoms with Crippen LogP contribution in [0.1, 0.15) is 17.2 Å². The third kappa shape index (κ3) is 5.51. The van der Waals surface area contributed by atoms with Crippen molar-refractivity contribution in [2.75, 3.05) is 20.3 Å². The minimum Gasteiger partial charge on any atom is -0.504 e. The second-order valence-corrected chi connectivity index (χ2v) is 6.41. The largest absolute Gasteiger partial charge is 0.504 e. The molecule has 2 N–H and O–H groups in total. The van der Waals surface area contributed by atoms with E-state index in [9.17, 15) is 9.90 Å². The van der Waals surface area contributed by atoms with E-state index in [1.54, 1.807) is 18.2 Å². The Kier molecular flexibility index (Phi) is 7.52. The second kappa shape index (κ2) is 9.85. The average molecular weight is 418 g/mol. The third-order valence-electron chi connectivity index (χ3n) is 3.70. The normalized spacial score (nSPS) is 11.4. The summed E-state index contributed by atoms with van der Waals surface area (Å²) in [7, 11) is 1.49. The molecule has 0 aliphatic rings. The molecule has 0 aromatic heterocycles. The fraction of sp³-hybridized carbons (Fsp3) is 0.250. The number of rotatable bonds is 8. The summed E-state index contributed by atoms with van der Waals surface area (Å²) in [4.78, 5) is 12.5. The summed E-state index contributed by atoms with van der Waals surface area (Å²) in [5, 5.41) is 12.5. The molecule has 0 fully saturated rings. The van der Waals surface area contributed by atoms with Gasteiger partial charge in [0.05, 0.1) is 7.11 Å². The van der Waals surface area contributed by atoms with Crippen LogP contribution in [-0.4, -0.2) is 31.3 Å². The van der Waals surface area contributed by atoms with Crippen molar-refractivity contribution >= 4 is 21.8 Å². The molecule has 0 saturated carbocycles. The van der Waals surface area contributed by atoms with E-state index in [-0.39, 0.29) is 18.3 Å². The molecule has 1 amide bonds. The lowest BCUT2D eigenvalue weighted by Crippen LogP contribution is -2.32. The summed E-state index contributed by atoms with van der Waals surface area (Å²) in [5.74, 6) is 2.61. The maximum absolute atomic E-state index is 12.5. The van der Waals surface area contributed by atoms with Crippen LogP contribution in [0.25, 0.3) is 0 Å². The lowest BCUT2D eigenvalue weighted by atomic mass is 10.1. The van der Waals surface area contributed by atoms with Crippen molar-refractivity contribution in [1.82, 2.24) is 5.32 Å². The van der Waals surface area contributed by atoms with E-state index in [0.29, 0.717) is 18.7 Å². The first-order valence-corrected chi connectivity index (χ1v) is 8.78. The Labute approximate surface area is 161 Å². The SMILES string of the molecule is C#CCOC(C(=O)NCCc1ccc(O)c(OC)c1)c1ccc(Br)cc1. The summed E-state index contributed by atoms with van der Waals surface area (Å²) in [6.07, 6.45) is 5.07. The van der Waals surface area contributed by atoms with Crippen molar-refractivity contribution in [1.29, 1.82) is 0 Å². The summed E-state index contributed by atoms with van der Waals surface area (Å²) in [5.41, 5.74) is 1.66. The van der Waals surface area contributed by atoms with Gasteiger partial charge in [-0.25, -0.2) is 0 Å². The molecule has 2 aromatic carbocycles. The fourth-order valence-corrected chi connectivity index (χ4v) is 2.66. The van der Waals surface area contributed by atoms with Crippen molar-refractivity contribution < 1.29 is 19.4 Å². The van der Waals surface area contributed by atoms with Gasteiger partial charge in [-0.1, -0.05) is 40.0 Å². The van der Waals surface area contributed by atoms with E-state index < -0.39 is 6.10 Å². The van der Waals surface area contributed by atoms with Crippen LogP contribution in [0.4, 0.5) is 0 Å². The molecule has 0 radical (unpaired) electrons. The molecule has 6 heteroatoms. The van der Waals surface area contributed by atoms with Gasteiger partial charge in [-0.3, -0.25) is 4.79 Å². The van der Waals surface area contributed by atoms with Gasteiger partial charge in [-0.2, -0.15) is 0 Å². The molecule has 5 nitrogen and oxygen atoms in total. The molecule has 2 aromatic rings. The van der Waals surface area contributed by atoms with Crippen LogP contribution in [0.2, 0.25) is 0 Å². The molecule has 1 atom stereocenters. The highest BCUT2D eigenvalue weighted by molar-refractivity contribution is 9.10. The smallest absolute Gasteiger partial charge is 0.253 e. The molecular weight excluding hydrogens is 398 g/mol. The number of amides is 1. The number of hydrogen-bond donors (Lipinski definition) is 2. The van der Waals surface area contributed by atoms with Crippen molar-refractivity contribution in [3.8, 4) is 23.8 Å². The van der Waals surface area contributed by atoms with Crippen LogP contribution in [0.15, 0.2) is 46.9 Å². The molecule has 0 spiro atoms. The number of carbonyl (C=O) groups excluding carboxylic acids is 1. The molecule has 2 rings (SSSR count). The predicted octanol–water partition coefficient (Wildman–Crippen LogP) is 3.21. The molecule has 0 bridgehead atoms. The van der Waals surface area contributed by atoms with Gasteiger partial charge in [-0.05, 0) is 41.8 Å². The Hall–Kier alpha value is -2.49. The number of hydrogen-bond acceptors (Lipinski definition) is 4. The van der Waals surface area contributed by atoms with Crippen molar-refractivity contribution in [2.45, 2.75) is 12.5 Å². The van der Waals surface area contributed by atoms with E-state index >= 15 is 0 Å². The van der Waals surface area contributed by atoms with Crippen LogP contribution in [0.3, 0.4) is 0 Å². The Bertz CT molecular complexity index is 783. The van der Waals surface area contributed by atoms with Crippen LogP contribution >= 0.6 is 15.9 Å². The predicted molar refractivity (Wildman–Crippen MR) is 103 cm³/mol. The number of phenolic OH excluding ortho intramolecular Hbond substituents is 1. The first kappa shape index (κ1) is 19.8. The number of methoxy groups -OCH3 is 1. The van der Waals surface area contributed by atoms with Crippen molar-refractivity contribution in [2.24, 2.45) is 0 Å². The maximum atomic E-state index is 12.5. The number of ether oxygens (including phenoxy) is 2. The third-order valence-corrected chi connectivity index (χ3v) is 4.23. The van der Waals surface area contributed by atoms with E-state index in [0.717, 1.165) is 15.6 Å². The summed E-state index contributed by atoms with van der Waals surface area (Å²) in [6.45, 7) is 0.461. The van der Waals surface area contributed by atoms with Crippen LogP contribution < -0.4 is 10.1 Å². The summed E-state index contributed by atoms with van der Waals surface area (Å²) in [6, 6.07) is 12.4. The van der Waals surface area contributed by atoms with Crippen LogP contribution in [0, 0.1) is 12.3 Å². The monoisotopic (exact) mass is 417 g/mol. The van der Waals surface area contributed by atoms with E-state index in [1.807, 2.05) is 24.3 Å². The summed E-state index contributed by atoms with van der Waals surface area (Å²) >= 11 is 3.37. The van der Waals surface area contributed by atoms with Crippen LogP contribution in [-0.2, 0) is 16.0 Å². The number of halogens is 1. The lowest BCUT2D eigenvalue weighted by molar-refractivity contribution is -0.132. The van der Waals surface area contributed by atoms with Gasteiger partial charge < -0.3 is 19.9 Å².